The van der Waals surface area contributed by atoms with Crippen LogP contribution in [0.5, 0.6) is 0 Å². The van der Waals surface area contributed by atoms with Crippen LogP contribution in [-0.4, -0.2) is 148 Å². The molecule has 5 unspecified atom stereocenters. The molecule has 4 heterocycles. The highest BCUT2D eigenvalue weighted by molar-refractivity contribution is 5.90. The highest BCUT2D eigenvalue weighted by Gasteiger charge is 2.35. The highest BCUT2D eigenvalue weighted by Crippen LogP contribution is 2.15. The molecule has 24 nitrogen and oxygen atoms in total. The Labute approximate surface area is 351 Å². The number of nitrogen functional groups attached to an aromatic ring is 3. The quantitative estimate of drug-likeness (QED) is 0.114. The number of carbonyl (C=O) groups is 6. The van der Waals surface area contributed by atoms with E-state index >= 15 is 0 Å². The normalized spacial score (nSPS) is 21.8. The van der Waals surface area contributed by atoms with Gasteiger partial charge in [-0.1, -0.05) is 12.1 Å². The Morgan fingerprint density at radius 2 is 1.16 bits per heavy atom. The van der Waals surface area contributed by atoms with Crippen LogP contribution in [0.2, 0.25) is 0 Å². The molecule has 25 N–H and O–H groups in total. The molecule has 0 spiro atoms. The summed E-state index contributed by atoms with van der Waals surface area (Å²) < 4.78 is 0. The first-order chi connectivity index (χ1) is 28.5. The van der Waals surface area contributed by atoms with Gasteiger partial charge in [0.15, 0.2) is 6.17 Å². The SMILES string of the molecule is NC1(C(=O)O)CCNCC1.NC1CCNC(C(=O)O)C1.NC1CNC(C(=O)O)C1.Nc1cc(N)cc(C(=O)O)c1.Nc1ccc(CC(N)C(=O)O)cc1.O=C(O)C1NCCN1. The first-order valence-corrected chi connectivity index (χ1v) is 19.1. The average molecular weight is 867 g/mol. The number of anilines is 3. The molecule has 0 radical (unpaired) electrons. The molecule has 0 bridgehead atoms. The van der Waals surface area contributed by atoms with Crippen molar-refractivity contribution < 1.29 is 59.4 Å². The summed E-state index contributed by atoms with van der Waals surface area (Å²) in [6, 6.07) is 9.62. The molecule has 2 aromatic carbocycles. The summed E-state index contributed by atoms with van der Waals surface area (Å²) in [5.74, 6) is -5.32. The number of piperidine rings is 2. The van der Waals surface area contributed by atoms with Crippen LogP contribution in [0.3, 0.4) is 0 Å². The van der Waals surface area contributed by atoms with Crippen LogP contribution in [0.25, 0.3) is 0 Å². The van der Waals surface area contributed by atoms with Gasteiger partial charge in [-0.15, -0.1) is 0 Å². The molecule has 24 heteroatoms. The van der Waals surface area contributed by atoms with Crippen molar-refractivity contribution in [2.45, 2.75) is 80.4 Å². The lowest BCUT2D eigenvalue weighted by atomic mass is 9.90. The Balaban J connectivity index is 0.000000368. The minimum absolute atomic E-state index is 0.0195. The fourth-order valence-electron chi connectivity index (χ4n) is 5.65. The maximum atomic E-state index is 10.5. The summed E-state index contributed by atoms with van der Waals surface area (Å²) in [6.45, 7) is 4.26. The third-order valence-corrected chi connectivity index (χ3v) is 9.17. The van der Waals surface area contributed by atoms with E-state index in [4.69, 9.17) is 70.8 Å². The van der Waals surface area contributed by atoms with Gasteiger partial charge in [0, 0.05) is 48.8 Å². The van der Waals surface area contributed by atoms with Gasteiger partial charge in [-0.25, -0.2) is 9.59 Å². The van der Waals surface area contributed by atoms with Crippen molar-refractivity contribution in [2.24, 2.45) is 22.9 Å². The number of aromatic carboxylic acids is 1. The largest absolute Gasteiger partial charge is 0.480 e. The highest BCUT2D eigenvalue weighted by atomic mass is 16.4. The molecule has 6 rings (SSSR count). The van der Waals surface area contributed by atoms with E-state index in [1.807, 2.05) is 0 Å². The summed E-state index contributed by atoms with van der Waals surface area (Å²) in [5, 5.41) is 65.1. The lowest BCUT2D eigenvalue weighted by Crippen LogP contribution is -2.54. The van der Waals surface area contributed by atoms with Crippen molar-refractivity contribution in [2.75, 3.05) is 56.5 Å². The van der Waals surface area contributed by atoms with Gasteiger partial charge in [-0.05, 0) is 94.1 Å². The first kappa shape index (κ1) is 53.3. The van der Waals surface area contributed by atoms with Crippen LogP contribution in [0, 0.1) is 0 Å². The Morgan fingerprint density at radius 3 is 1.51 bits per heavy atom. The second-order valence-corrected chi connectivity index (χ2v) is 14.4. The molecule has 0 aliphatic carbocycles. The number of aliphatic carboxylic acids is 5. The molecule has 61 heavy (non-hydrogen) atoms. The van der Waals surface area contributed by atoms with Gasteiger partial charge in [0.25, 0.3) is 0 Å². The van der Waals surface area contributed by atoms with Crippen molar-refractivity contribution in [3.05, 3.63) is 53.6 Å². The van der Waals surface area contributed by atoms with Crippen molar-refractivity contribution in [1.29, 1.82) is 0 Å². The zero-order chi connectivity index (χ0) is 46.3. The van der Waals surface area contributed by atoms with Crippen LogP contribution >= 0.6 is 0 Å². The van der Waals surface area contributed by atoms with Crippen LogP contribution in [0.15, 0.2) is 42.5 Å². The van der Waals surface area contributed by atoms with E-state index in [9.17, 15) is 28.8 Å². The smallest absolute Gasteiger partial charge is 0.335 e. The van der Waals surface area contributed by atoms with Crippen molar-refractivity contribution in [1.82, 2.24) is 26.6 Å². The number of nitrogens with one attached hydrogen (secondary N) is 5. The Kier molecular flexibility index (Phi) is 23.8. The molecule has 0 amide bonds. The lowest BCUT2D eigenvalue weighted by Gasteiger charge is -2.29. The van der Waals surface area contributed by atoms with E-state index in [2.05, 4.69) is 26.6 Å². The predicted octanol–water partition coefficient (Wildman–Crippen LogP) is -3.58. The van der Waals surface area contributed by atoms with Gasteiger partial charge in [0.05, 0.1) is 5.56 Å². The number of carboxylic acids is 6. The number of benzene rings is 2. The summed E-state index contributed by atoms with van der Waals surface area (Å²) >= 11 is 0. The van der Waals surface area contributed by atoms with Gasteiger partial charge in [-0.2, -0.15) is 0 Å². The monoisotopic (exact) mass is 866 g/mol. The summed E-state index contributed by atoms with van der Waals surface area (Å²) in [4.78, 5) is 62.0. The van der Waals surface area contributed by atoms with E-state index in [1.165, 1.54) is 18.2 Å². The molecule has 342 valence electrons. The van der Waals surface area contributed by atoms with E-state index in [-0.39, 0.29) is 17.6 Å². The lowest BCUT2D eigenvalue weighted by molar-refractivity contribution is -0.144. The van der Waals surface area contributed by atoms with Crippen LogP contribution < -0.4 is 66.7 Å². The molecule has 4 saturated heterocycles. The number of carboxylic acid groups (broad SMARTS) is 6. The van der Waals surface area contributed by atoms with Crippen molar-refractivity contribution in [3.63, 3.8) is 0 Å². The second-order valence-electron chi connectivity index (χ2n) is 14.4. The summed E-state index contributed by atoms with van der Waals surface area (Å²) in [5.41, 5.74) is 39.5. The predicted molar refractivity (Wildman–Crippen MR) is 225 cm³/mol. The second kappa shape index (κ2) is 27.2. The molecule has 0 aromatic heterocycles. The van der Waals surface area contributed by atoms with Gasteiger partial charge >= 0.3 is 35.8 Å². The Morgan fingerprint density at radius 1 is 0.656 bits per heavy atom. The van der Waals surface area contributed by atoms with Gasteiger partial charge in [-0.3, -0.25) is 29.8 Å². The van der Waals surface area contributed by atoms with Gasteiger partial charge < -0.3 is 86.7 Å². The minimum Gasteiger partial charge on any atom is -0.480 e. The van der Waals surface area contributed by atoms with Crippen LogP contribution in [-0.2, 0) is 30.4 Å². The molecule has 0 saturated carbocycles. The van der Waals surface area contributed by atoms with Crippen LogP contribution in [0.4, 0.5) is 17.1 Å². The molecular formula is C37H62N12O12. The molecule has 4 aliphatic heterocycles. The molecular weight excluding hydrogens is 804 g/mol. The molecule has 2 aromatic rings. The Hall–Kier alpha value is -5.70. The van der Waals surface area contributed by atoms with Crippen LogP contribution in [0.1, 0.15) is 48.0 Å². The van der Waals surface area contributed by atoms with E-state index in [1.54, 1.807) is 24.3 Å². The maximum absolute atomic E-state index is 10.5. The zero-order valence-electron chi connectivity index (χ0n) is 33.7. The minimum atomic E-state index is -1.02. The number of rotatable bonds is 8. The van der Waals surface area contributed by atoms with Gasteiger partial charge in [0.1, 0.15) is 23.7 Å². The van der Waals surface area contributed by atoms with Crippen molar-refractivity contribution in [3.8, 4) is 0 Å². The third-order valence-electron chi connectivity index (χ3n) is 9.17. The maximum Gasteiger partial charge on any atom is 0.335 e. The number of hydrogen-bond donors (Lipinski definition) is 18. The van der Waals surface area contributed by atoms with Gasteiger partial charge in [0.2, 0.25) is 0 Å². The zero-order valence-corrected chi connectivity index (χ0v) is 33.7. The fourth-order valence-corrected chi connectivity index (χ4v) is 5.65. The summed E-state index contributed by atoms with van der Waals surface area (Å²) in [6.07, 6.45) is 2.85. The Bertz CT molecular complexity index is 1690. The van der Waals surface area contributed by atoms with E-state index in [0.29, 0.717) is 68.8 Å². The fraction of sp³-hybridized carbons (Fsp3) is 0.514. The molecule has 4 aliphatic rings. The molecule has 5 atom stereocenters. The average Bonchev–Trinajstić information content (AvgIpc) is 3.90. The standard InChI is InChI=1S/C9H12N2O2.C7H8N2O2.2C6H12N2O2.C5H10N2O2.C4H8N2O2/c10-7-3-1-6(2-4-7)5-8(11)9(12)13;8-5-1-4(7(10)11)2-6(9)3-5;7-6(5(9)10)1-3-8-4-2-6;7-4-1-2-8-5(3-4)6(9)10;6-3-1-4(5(8)9)7-2-3;7-4(8)3-5-1-2-6-3/h1-4,8H,5,10-11H2,(H,12,13);1-3H,8-9H2,(H,10,11);8H,1-4,7H2,(H,9,10);4-5,8H,1-3,7H2,(H,9,10);3-4,7H,1-2,6H2,(H,8,9);3,5-6H,1-2H2,(H,7,8). The third kappa shape index (κ3) is 21.9. The number of nitrogens with two attached hydrogens (primary N) is 7. The molecule has 4 fully saturated rings. The number of hydrogen-bond acceptors (Lipinski definition) is 18. The van der Waals surface area contributed by atoms with E-state index in [0.717, 1.165) is 31.6 Å². The topological polar surface area (TPSA) is 466 Å². The van der Waals surface area contributed by atoms with Crippen molar-refractivity contribution >= 4 is 52.9 Å². The van der Waals surface area contributed by atoms with E-state index < -0.39 is 65.6 Å². The first-order valence-electron chi connectivity index (χ1n) is 19.1. The summed E-state index contributed by atoms with van der Waals surface area (Å²) in [7, 11) is 0.